The number of fused-ring (bicyclic) bond motifs is 3. The Morgan fingerprint density at radius 3 is 2.69 bits per heavy atom. The molecule has 2 aliphatic rings. The minimum absolute atomic E-state index is 0.324. The number of imidazole rings is 1. The van der Waals surface area contributed by atoms with E-state index in [-0.39, 0.29) is 5.82 Å². The lowest BCUT2D eigenvalue weighted by molar-refractivity contribution is 0.290. The maximum Gasteiger partial charge on any atom is 0.293 e. The Bertz CT molecular complexity index is 1530. The monoisotopic (exact) mass is 480 g/mol. The van der Waals surface area contributed by atoms with E-state index in [9.17, 15) is 4.39 Å². The van der Waals surface area contributed by atoms with Gasteiger partial charge < -0.3 is 14.6 Å². The molecule has 0 atom stereocenters. The first-order chi connectivity index (χ1) is 17.6. The maximum absolute atomic E-state index is 14.0. The van der Waals surface area contributed by atoms with Crippen LogP contribution in [0.5, 0.6) is 5.75 Å². The Morgan fingerprint density at radius 2 is 1.86 bits per heavy atom. The van der Waals surface area contributed by atoms with Gasteiger partial charge in [-0.3, -0.25) is 0 Å². The van der Waals surface area contributed by atoms with E-state index >= 15 is 0 Å². The summed E-state index contributed by atoms with van der Waals surface area (Å²) in [5.74, 6) is 0.722. The zero-order valence-electron chi connectivity index (χ0n) is 19.9. The zero-order valence-corrected chi connectivity index (χ0v) is 19.9. The molecule has 2 aliphatic heterocycles. The molecule has 0 radical (unpaired) electrons. The Kier molecular flexibility index (Phi) is 5.55. The van der Waals surface area contributed by atoms with Gasteiger partial charge in [0.1, 0.15) is 18.2 Å². The van der Waals surface area contributed by atoms with Crippen LogP contribution in [0, 0.1) is 12.4 Å². The van der Waals surface area contributed by atoms with Gasteiger partial charge in [-0.2, -0.15) is 11.5 Å². The molecule has 1 aromatic heterocycles. The molecule has 1 saturated heterocycles. The summed E-state index contributed by atoms with van der Waals surface area (Å²) in [4.78, 5) is 10.4. The molecule has 4 aromatic rings. The minimum Gasteiger partial charge on any atom is -0.488 e. The number of likely N-dealkylation sites (N-methyl/N-ethyl adjacent to an activating group) is 1. The van der Waals surface area contributed by atoms with Gasteiger partial charge in [-0.1, -0.05) is 35.8 Å². The van der Waals surface area contributed by atoms with Gasteiger partial charge in [-0.25, -0.2) is 14.1 Å². The highest BCUT2D eigenvalue weighted by Gasteiger charge is 2.23. The Balaban J connectivity index is 1.47. The third kappa shape index (κ3) is 3.93. The highest BCUT2D eigenvalue weighted by molar-refractivity contribution is 5.96. The Labute approximate surface area is 208 Å². The average molecular weight is 481 g/mol. The van der Waals surface area contributed by atoms with Crippen LogP contribution in [0.2, 0.25) is 0 Å². The summed E-state index contributed by atoms with van der Waals surface area (Å²) in [7, 11) is 2.12. The number of hydrogen-bond acceptors (Lipinski definition) is 5. The van der Waals surface area contributed by atoms with Gasteiger partial charge in [-0.15, -0.1) is 0 Å². The minimum atomic E-state index is -0.324. The fourth-order valence-electron chi connectivity index (χ4n) is 4.95. The van der Waals surface area contributed by atoms with Crippen molar-refractivity contribution in [1.29, 1.82) is 0 Å². The molecule has 1 fully saturated rings. The second-order valence-corrected chi connectivity index (χ2v) is 9.12. The van der Waals surface area contributed by atoms with Crippen LogP contribution in [0.1, 0.15) is 22.3 Å². The summed E-state index contributed by atoms with van der Waals surface area (Å²) in [6.07, 6.45) is 2.10. The molecule has 7 nitrogen and oxygen atoms in total. The van der Waals surface area contributed by atoms with Gasteiger partial charge in [0, 0.05) is 37.8 Å². The van der Waals surface area contributed by atoms with Crippen LogP contribution in [-0.2, 0) is 6.61 Å². The highest BCUT2D eigenvalue weighted by Crippen LogP contribution is 2.38. The van der Waals surface area contributed by atoms with Crippen molar-refractivity contribution in [2.75, 3.05) is 43.7 Å². The summed E-state index contributed by atoms with van der Waals surface area (Å²) in [5, 5.41) is 2.23. The van der Waals surface area contributed by atoms with Gasteiger partial charge in [0.25, 0.3) is 5.95 Å². The first kappa shape index (κ1) is 22.1. The van der Waals surface area contributed by atoms with Crippen LogP contribution < -0.4 is 15.2 Å². The SMILES string of the molecule is [C-]#[N+]Nc1nc2cc(/C=C3\c4ccccc4COc4cc(F)ccc43)ccc2n1N1CCN(C)CC1. The maximum atomic E-state index is 14.0. The molecule has 36 heavy (non-hydrogen) atoms. The van der Waals surface area contributed by atoms with Crippen molar-refractivity contribution >= 4 is 28.6 Å². The van der Waals surface area contributed by atoms with Gasteiger partial charge in [0.05, 0.1) is 11.0 Å². The number of nitrogens with zero attached hydrogens (tertiary/aromatic N) is 5. The topological polar surface area (TPSA) is 49.9 Å². The van der Waals surface area contributed by atoms with Gasteiger partial charge in [0.15, 0.2) is 0 Å². The largest absolute Gasteiger partial charge is 0.488 e. The van der Waals surface area contributed by atoms with Crippen molar-refractivity contribution < 1.29 is 9.13 Å². The molecule has 0 spiro atoms. The molecule has 0 amide bonds. The molecule has 0 unspecified atom stereocenters. The lowest BCUT2D eigenvalue weighted by Crippen LogP contribution is -2.49. The second-order valence-electron chi connectivity index (χ2n) is 9.12. The quantitative estimate of drug-likeness (QED) is 0.338. The molecule has 3 heterocycles. The summed E-state index contributed by atoms with van der Waals surface area (Å²) < 4.78 is 22.0. The van der Waals surface area contributed by atoms with Crippen LogP contribution in [-0.4, -0.2) is 47.8 Å². The lowest BCUT2D eigenvalue weighted by Gasteiger charge is -2.34. The molecular formula is C28H25FN6O. The molecule has 1 N–H and O–H groups in total. The van der Waals surface area contributed by atoms with E-state index in [1.54, 1.807) is 6.07 Å². The number of benzene rings is 3. The highest BCUT2D eigenvalue weighted by atomic mass is 19.1. The Morgan fingerprint density at radius 1 is 1.03 bits per heavy atom. The van der Waals surface area contributed by atoms with Gasteiger partial charge >= 0.3 is 0 Å². The van der Waals surface area contributed by atoms with E-state index in [0.717, 1.165) is 65.0 Å². The van der Waals surface area contributed by atoms with Crippen molar-refractivity contribution in [2.24, 2.45) is 0 Å². The fourth-order valence-corrected chi connectivity index (χ4v) is 4.95. The number of anilines is 1. The summed E-state index contributed by atoms with van der Waals surface area (Å²) in [6, 6.07) is 18.9. The fraction of sp³-hybridized carbons (Fsp3) is 0.214. The van der Waals surface area contributed by atoms with E-state index in [4.69, 9.17) is 16.3 Å². The Hall–Kier alpha value is -4.35. The van der Waals surface area contributed by atoms with Crippen LogP contribution in [0.15, 0.2) is 60.7 Å². The molecule has 0 aliphatic carbocycles. The molecule has 8 heteroatoms. The van der Waals surface area contributed by atoms with Crippen LogP contribution in [0.3, 0.4) is 0 Å². The van der Waals surface area contributed by atoms with Gasteiger partial charge in [0.2, 0.25) is 0 Å². The molecule has 6 rings (SSSR count). The number of nitrogens with one attached hydrogen (secondary N) is 1. The lowest BCUT2D eigenvalue weighted by atomic mass is 9.92. The number of aromatic nitrogens is 2. The van der Waals surface area contributed by atoms with Crippen LogP contribution in [0.4, 0.5) is 10.3 Å². The van der Waals surface area contributed by atoms with Crippen LogP contribution in [0.25, 0.3) is 27.6 Å². The number of halogens is 1. The predicted octanol–water partition coefficient (Wildman–Crippen LogP) is 4.79. The second kappa shape index (κ2) is 9.02. The van der Waals surface area contributed by atoms with E-state index < -0.39 is 0 Å². The number of rotatable bonds is 3. The molecular weight excluding hydrogens is 455 g/mol. The van der Waals surface area contributed by atoms with Crippen molar-refractivity contribution in [3.63, 3.8) is 0 Å². The predicted molar refractivity (Wildman–Crippen MR) is 140 cm³/mol. The van der Waals surface area contributed by atoms with E-state index in [1.165, 1.54) is 12.1 Å². The third-order valence-corrected chi connectivity index (χ3v) is 6.81. The number of hydrogen-bond donors (Lipinski definition) is 1. The molecule has 0 bridgehead atoms. The van der Waals surface area contributed by atoms with Crippen molar-refractivity contribution in [2.45, 2.75) is 6.61 Å². The molecule has 180 valence electrons. The van der Waals surface area contributed by atoms with E-state index in [0.29, 0.717) is 18.3 Å². The zero-order chi connectivity index (χ0) is 24.6. The molecule has 3 aromatic carbocycles. The van der Waals surface area contributed by atoms with Crippen molar-refractivity contribution in [3.8, 4) is 5.75 Å². The van der Waals surface area contributed by atoms with E-state index in [2.05, 4.69) is 45.5 Å². The van der Waals surface area contributed by atoms with Crippen molar-refractivity contribution in [3.05, 3.63) is 100 Å². The normalized spacial score (nSPS) is 16.7. The summed E-state index contributed by atoms with van der Waals surface area (Å²) >= 11 is 0. The van der Waals surface area contributed by atoms with E-state index in [1.807, 2.05) is 35.0 Å². The average Bonchev–Trinajstić information content (AvgIpc) is 3.16. The smallest absolute Gasteiger partial charge is 0.293 e. The van der Waals surface area contributed by atoms with Gasteiger partial charge in [-0.05, 0) is 59.7 Å². The standard InChI is InChI=1S/C28H25FN6O/c1-30-32-28-31-25-16-19(7-10-26(25)35(28)34-13-11-33(2)12-14-34)15-24-22-6-4-3-5-20(22)18-36-27-17-21(29)8-9-23(24)27/h3-10,15-17H,11-14,18H2,2H3,(H,31,32)/b24-15+. The van der Waals surface area contributed by atoms with Crippen molar-refractivity contribution in [1.82, 2.24) is 14.6 Å². The first-order valence-electron chi connectivity index (χ1n) is 11.9. The number of ether oxygens (including phenoxy) is 1. The summed E-state index contributed by atoms with van der Waals surface area (Å²) in [5.41, 5.74) is 9.36. The van der Waals surface area contributed by atoms with Crippen LogP contribution >= 0.6 is 0 Å². The third-order valence-electron chi connectivity index (χ3n) is 6.81. The summed E-state index contributed by atoms with van der Waals surface area (Å²) in [6.45, 7) is 11.3. The molecule has 0 saturated carbocycles. The first-order valence-corrected chi connectivity index (χ1v) is 11.9. The number of piperazine rings is 1.